The van der Waals surface area contributed by atoms with Gasteiger partial charge >= 0.3 is 0 Å². The van der Waals surface area contributed by atoms with Crippen molar-refractivity contribution in [3.8, 4) is 17.0 Å². The standard InChI is InChI=1S/C26H30N4O2/c1-18(2)22-10-9-19(3)15-24(22)32-17-26(31)27-21-8-6-7-20(16-21)23-11-12-25(29-28-23)30-13-4-5-14-30/h6-12,15-16,18H,4-5,13-14,17H2,1-3H3,(H,27,31). The number of nitrogens with one attached hydrogen (secondary N) is 1. The zero-order valence-corrected chi connectivity index (χ0v) is 19.0. The quantitative estimate of drug-likeness (QED) is 0.558. The van der Waals surface area contributed by atoms with Crippen molar-refractivity contribution in [2.45, 2.75) is 39.5 Å². The van der Waals surface area contributed by atoms with Gasteiger partial charge in [0.1, 0.15) is 5.75 Å². The minimum Gasteiger partial charge on any atom is -0.483 e. The van der Waals surface area contributed by atoms with E-state index in [1.165, 1.54) is 12.8 Å². The summed E-state index contributed by atoms with van der Waals surface area (Å²) in [4.78, 5) is 14.8. The van der Waals surface area contributed by atoms with Crippen molar-refractivity contribution in [2.24, 2.45) is 0 Å². The average Bonchev–Trinajstić information content (AvgIpc) is 3.33. The topological polar surface area (TPSA) is 67.3 Å². The fraction of sp³-hybridized carbons (Fsp3) is 0.346. The van der Waals surface area contributed by atoms with Gasteiger partial charge in [0.25, 0.3) is 5.91 Å². The number of carbonyl (C=O) groups is 1. The third kappa shape index (κ3) is 5.25. The summed E-state index contributed by atoms with van der Waals surface area (Å²) in [6, 6.07) is 17.7. The monoisotopic (exact) mass is 430 g/mol. The summed E-state index contributed by atoms with van der Waals surface area (Å²) < 4.78 is 5.85. The Labute approximate surface area is 189 Å². The highest BCUT2D eigenvalue weighted by atomic mass is 16.5. The lowest BCUT2D eigenvalue weighted by Crippen LogP contribution is -2.20. The Hall–Kier alpha value is -3.41. The van der Waals surface area contributed by atoms with Gasteiger partial charge in [0.15, 0.2) is 12.4 Å². The van der Waals surface area contributed by atoms with Crippen LogP contribution in [0.3, 0.4) is 0 Å². The molecule has 0 bridgehead atoms. The van der Waals surface area contributed by atoms with E-state index in [-0.39, 0.29) is 12.5 Å². The molecule has 0 aliphatic carbocycles. The van der Waals surface area contributed by atoms with Crippen LogP contribution in [-0.2, 0) is 4.79 Å². The molecule has 0 radical (unpaired) electrons. The largest absolute Gasteiger partial charge is 0.483 e. The number of anilines is 2. The first kappa shape index (κ1) is 21.8. The van der Waals surface area contributed by atoms with E-state index in [2.05, 4.69) is 46.4 Å². The van der Waals surface area contributed by atoms with Crippen LogP contribution >= 0.6 is 0 Å². The predicted octanol–water partition coefficient (Wildman–Crippen LogP) is 5.19. The van der Waals surface area contributed by atoms with E-state index in [0.29, 0.717) is 11.6 Å². The van der Waals surface area contributed by atoms with Crippen molar-refractivity contribution in [1.82, 2.24) is 10.2 Å². The molecule has 0 atom stereocenters. The van der Waals surface area contributed by atoms with E-state index in [0.717, 1.165) is 47.0 Å². The molecule has 32 heavy (non-hydrogen) atoms. The highest BCUT2D eigenvalue weighted by Gasteiger charge is 2.14. The SMILES string of the molecule is Cc1ccc(C(C)C)c(OCC(=O)Nc2cccc(-c3ccc(N4CCCC4)nn3)c2)c1. The number of carbonyl (C=O) groups excluding carboxylic acids is 1. The summed E-state index contributed by atoms with van der Waals surface area (Å²) in [6.07, 6.45) is 2.41. The second kappa shape index (κ2) is 9.81. The second-order valence-electron chi connectivity index (χ2n) is 8.58. The number of ether oxygens (including phenoxy) is 1. The van der Waals surface area contributed by atoms with Crippen LogP contribution in [0.25, 0.3) is 11.3 Å². The number of benzene rings is 2. The zero-order valence-electron chi connectivity index (χ0n) is 19.0. The molecular weight excluding hydrogens is 400 g/mol. The third-order valence-corrected chi connectivity index (χ3v) is 5.67. The maximum absolute atomic E-state index is 12.5. The molecule has 2 heterocycles. The first-order valence-electron chi connectivity index (χ1n) is 11.2. The Kier molecular flexibility index (Phi) is 6.69. The van der Waals surface area contributed by atoms with Crippen LogP contribution in [0.1, 0.15) is 43.7 Å². The molecular formula is C26H30N4O2. The van der Waals surface area contributed by atoms with E-state index < -0.39 is 0 Å². The Morgan fingerprint density at radius 1 is 1.06 bits per heavy atom. The van der Waals surface area contributed by atoms with Crippen LogP contribution in [-0.4, -0.2) is 35.8 Å². The van der Waals surface area contributed by atoms with Crippen molar-refractivity contribution in [1.29, 1.82) is 0 Å². The van der Waals surface area contributed by atoms with Gasteiger partial charge in [0.05, 0.1) is 5.69 Å². The van der Waals surface area contributed by atoms with E-state index in [1.807, 2.05) is 49.4 Å². The van der Waals surface area contributed by atoms with Crippen LogP contribution in [0, 0.1) is 6.92 Å². The molecule has 166 valence electrons. The second-order valence-corrected chi connectivity index (χ2v) is 8.58. The van der Waals surface area contributed by atoms with Crippen molar-refractivity contribution < 1.29 is 9.53 Å². The van der Waals surface area contributed by atoms with Gasteiger partial charge in [-0.3, -0.25) is 4.79 Å². The maximum Gasteiger partial charge on any atom is 0.262 e. The average molecular weight is 431 g/mol. The van der Waals surface area contributed by atoms with Gasteiger partial charge in [-0.2, -0.15) is 0 Å². The molecule has 1 fully saturated rings. The molecule has 1 aliphatic heterocycles. The third-order valence-electron chi connectivity index (χ3n) is 5.67. The molecule has 0 unspecified atom stereocenters. The fourth-order valence-electron chi connectivity index (χ4n) is 3.93. The highest BCUT2D eigenvalue weighted by Crippen LogP contribution is 2.28. The minimum atomic E-state index is -0.200. The molecule has 6 nitrogen and oxygen atoms in total. The van der Waals surface area contributed by atoms with Crippen LogP contribution in [0.5, 0.6) is 5.75 Å². The smallest absolute Gasteiger partial charge is 0.262 e. The number of aromatic nitrogens is 2. The van der Waals surface area contributed by atoms with Crippen LogP contribution in [0.15, 0.2) is 54.6 Å². The molecule has 1 aliphatic rings. The summed E-state index contributed by atoms with van der Waals surface area (Å²) in [5.41, 5.74) is 4.59. The zero-order chi connectivity index (χ0) is 22.5. The Morgan fingerprint density at radius 3 is 2.59 bits per heavy atom. The van der Waals surface area contributed by atoms with Crippen LogP contribution < -0.4 is 15.0 Å². The van der Waals surface area contributed by atoms with Crippen molar-refractivity contribution in [3.05, 3.63) is 65.7 Å². The summed E-state index contributed by atoms with van der Waals surface area (Å²) in [7, 11) is 0. The van der Waals surface area contributed by atoms with E-state index in [9.17, 15) is 4.79 Å². The van der Waals surface area contributed by atoms with Crippen molar-refractivity contribution in [3.63, 3.8) is 0 Å². The van der Waals surface area contributed by atoms with Gasteiger partial charge in [-0.05, 0) is 67.1 Å². The van der Waals surface area contributed by atoms with Gasteiger partial charge in [-0.15, -0.1) is 10.2 Å². The first-order chi connectivity index (χ1) is 15.5. The van der Waals surface area contributed by atoms with E-state index in [4.69, 9.17) is 4.74 Å². The molecule has 6 heteroatoms. The van der Waals surface area contributed by atoms with Crippen molar-refractivity contribution >= 4 is 17.4 Å². The molecule has 3 aromatic rings. The molecule has 0 saturated carbocycles. The highest BCUT2D eigenvalue weighted by molar-refractivity contribution is 5.92. The number of amides is 1. The summed E-state index contributed by atoms with van der Waals surface area (Å²) in [5, 5.41) is 11.7. The molecule has 1 aromatic heterocycles. The van der Waals surface area contributed by atoms with Gasteiger partial charge in [-0.1, -0.05) is 38.1 Å². The predicted molar refractivity (Wildman–Crippen MR) is 128 cm³/mol. The summed E-state index contributed by atoms with van der Waals surface area (Å²) in [6.45, 7) is 8.28. The molecule has 1 saturated heterocycles. The van der Waals surface area contributed by atoms with Crippen LogP contribution in [0.4, 0.5) is 11.5 Å². The fourth-order valence-corrected chi connectivity index (χ4v) is 3.93. The van der Waals surface area contributed by atoms with Gasteiger partial charge in [0, 0.05) is 24.3 Å². The maximum atomic E-state index is 12.5. The number of aryl methyl sites for hydroxylation is 1. The van der Waals surface area contributed by atoms with Gasteiger partial charge in [0.2, 0.25) is 0 Å². The number of rotatable bonds is 7. The molecule has 4 rings (SSSR count). The Bertz CT molecular complexity index is 1070. The number of hydrogen-bond donors (Lipinski definition) is 1. The van der Waals surface area contributed by atoms with Gasteiger partial charge < -0.3 is 15.0 Å². The molecule has 1 N–H and O–H groups in total. The van der Waals surface area contributed by atoms with E-state index >= 15 is 0 Å². The molecule has 0 spiro atoms. The lowest BCUT2D eigenvalue weighted by molar-refractivity contribution is -0.118. The summed E-state index contributed by atoms with van der Waals surface area (Å²) >= 11 is 0. The molecule has 1 amide bonds. The number of nitrogens with zero attached hydrogens (tertiary/aromatic N) is 3. The minimum absolute atomic E-state index is 0.0439. The lowest BCUT2D eigenvalue weighted by atomic mass is 10.0. The Balaban J connectivity index is 1.40. The van der Waals surface area contributed by atoms with Gasteiger partial charge in [-0.25, -0.2) is 0 Å². The Morgan fingerprint density at radius 2 is 1.88 bits per heavy atom. The van der Waals surface area contributed by atoms with Crippen LogP contribution in [0.2, 0.25) is 0 Å². The first-order valence-corrected chi connectivity index (χ1v) is 11.2. The normalized spacial score (nSPS) is 13.4. The lowest BCUT2D eigenvalue weighted by Gasteiger charge is -2.15. The number of hydrogen-bond acceptors (Lipinski definition) is 5. The molecule has 2 aromatic carbocycles. The summed E-state index contributed by atoms with van der Waals surface area (Å²) in [5.74, 6) is 1.80. The van der Waals surface area contributed by atoms with Crippen molar-refractivity contribution in [2.75, 3.05) is 29.9 Å². The van der Waals surface area contributed by atoms with E-state index in [1.54, 1.807) is 0 Å².